The van der Waals surface area contributed by atoms with Crippen molar-refractivity contribution in [3.63, 3.8) is 0 Å². The third-order valence-corrected chi connectivity index (χ3v) is 3.78. The Morgan fingerprint density at radius 1 is 1.18 bits per heavy atom. The second-order valence-corrected chi connectivity index (χ2v) is 4.74. The molecular formula is C13H14N2O2. The fourth-order valence-corrected chi connectivity index (χ4v) is 2.69. The molecule has 88 valence electrons. The average molecular weight is 230 g/mol. The molecule has 17 heavy (non-hydrogen) atoms. The molecule has 0 saturated carbocycles. The highest BCUT2D eigenvalue weighted by molar-refractivity contribution is 6.05. The van der Waals surface area contributed by atoms with E-state index in [1.54, 1.807) is 11.0 Å². The number of piperazine rings is 1. The maximum absolute atomic E-state index is 12.3. The molecule has 3 unspecified atom stereocenters. The lowest BCUT2D eigenvalue weighted by Gasteiger charge is -2.39. The van der Waals surface area contributed by atoms with Gasteiger partial charge in [-0.25, -0.2) is 0 Å². The fourth-order valence-electron chi connectivity index (χ4n) is 2.69. The maximum atomic E-state index is 12.3. The molecular weight excluding hydrogens is 216 g/mol. The Kier molecular flexibility index (Phi) is 2.02. The first-order valence-electron chi connectivity index (χ1n) is 5.83. The van der Waals surface area contributed by atoms with Crippen molar-refractivity contribution in [1.82, 2.24) is 10.2 Å². The maximum Gasteiger partial charge on any atom is 0.255 e. The van der Waals surface area contributed by atoms with Crippen LogP contribution in [0.3, 0.4) is 0 Å². The molecule has 1 aromatic carbocycles. The van der Waals surface area contributed by atoms with Gasteiger partial charge in [0.2, 0.25) is 5.91 Å². The monoisotopic (exact) mass is 230 g/mol. The summed E-state index contributed by atoms with van der Waals surface area (Å²) in [5.41, 5.74) is 1.49. The van der Waals surface area contributed by atoms with Crippen LogP contribution in [0.15, 0.2) is 24.3 Å². The van der Waals surface area contributed by atoms with Crippen molar-refractivity contribution in [3.8, 4) is 0 Å². The molecule has 2 heterocycles. The smallest absolute Gasteiger partial charge is 0.255 e. The van der Waals surface area contributed by atoms with E-state index in [1.165, 1.54) is 0 Å². The molecule has 1 fully saturated rings. The molecule has 0 spiro atoms. The molecule has 4 heteroatoms. The summed E-state index contributed by atoms with van der Waals surface area (Å²) in [6.45, 7) is 3.90. The van der Waals surface area contributed by atoms with E-state index in [-0.39, 0.29) is 23.9 Å². The Labute approximate surface area is 99.6 Å². The average Bonchev–Trinajstić information content (AvgIpc) is 2.61. The van der Waals surface area contributed by atoms with Crippen molar-refractivity contribution in [2.24, 2.45) is 0 Å². The van der Waals surface area contributed by atoms with Crippen LogP contribution in [-0.4, -0.2) is 28.8 Å². The number of nitrogens with zero attached hydrogens (tertiary/aromatic N) is 1. The van der Waals surface area contributed by atoms with E-state index in [1.807, 2.05) is 32.0 Å². The van der Waals surface area contributed by atoms with Gasteiger partial charge in [0.15, 0.2) is 0 Å². The number of rotatable bonds is 0. The summed E-state index contributed by atoms with van der Waals surface area (Å²) >= 11 is 0. The summed E-state index contributed by atoms with van der Waals surface area (Å²) in [4.78, 5) is 26.0. The zero-order valence-electron chi connectivity index (χ0n) is 9.81. The molecule has 2 amide bonds. The number of amides is 2. The predicted molar refractivity (Wildman–Crippen MR) is 62.4 cm³/mol. The molecule has 0 bridgehead atoms. The highest BCUT2D eigenvalue weighted by atomic mass is 16.2. The first kappa shape index (κ1) is 10.3. The number of hydrogen-bond donors (Lipinski definition) is 1. The van der Waals surface area contributed by atoms with Crippen LogP contribution >= 0.6 is 0 Å². The van der Waals surface area contributed by atoms with Crippen molar-refractivity contribution in [1.29, 1.82) is 0 Å². The second kappa shape index (κ2) is 3.32. The van der Waals surface area contributed by atoms with Gasteiger partial charge in [0.1, 0.15) is 6.04 Å². The van der Waals surface area contributed by atoms with Gasteiger partial charge in [0.05, 0.1) is 6.04 Å². The van der Waals surface area contributed by atoms with E-state index < -0.39 is 6.04 Å². The van der Waals surface area contributed by atoms with E-state index in [4.69, 9.17) is 0 Å². The molecule has 0 radical (unpaired) electrons. The van der Waals surface area contributed by atoms with Gasteiger partial charge in [0, 0.05) is 11.6 Å². The predicted octanol–water partition coefficient (Wildman–Crippen LogP) is 1.09. The summed E-state index contributed by atoms with van der Waals surface area (Å²) in [6, 6.07) is 6.94. The lowest BCUT2D eigenvalue weighted by atomic mass is 9.99. The Morgan fingerprint density at radius 2 is 1.88 bits per heavy atom. The molecule has 0 aromatic heterocycles. The van der Waals surface area contributed by atoms with Gasteiger partial charge in [-0.3, -0.25) is 9.59 Å². The van der Waals surface area contributed by atoms with Crippen LogP contribution in [0.2, 0.25) is 0 Å². The van der Waals surface area contributed by atoms with Crippen LogP contribution in [0.5, 0.6) is 0 Å². The standard InChI is InChI=1S/C13H14N2O2/c1-7-8(2)15-11(12(16)14-7)9-5-3-4-6-10(9)13(15)17/h3-8,11H,1-2H3,(H,14,16). The minimum atomic E-state index is -0.440. The zero-order chi connectivity index (χ0) is 12.2. The molecule has 3 atom stereocenters. The Bertz CT molecular complexity index is 512. The minimum absolute atomic E-state index is 0.00277. The molecule has 4 nitrogen and oxygen atoms in total. The van der Waals surface area contributed by atoms with Crippen LogP contribution in [0.25, 0.3) is 0 Å². The first-order valence-corrected chi connectivity index (χ1v) is 5.83. The molecule has 2 aliphatic heterocycles. The quantitative estimate of drug-likeness (QED) is 0.725. The summed E-state index contributed by atoms with van der Waals surface area (Å²) in [5, 5.41) is 2.93. The van der Waals surface area contributed by atoms with Crippen molar-refractivity contribution < 1.29 is 9.59 Å². The van der Waals surface area contributed by atoms with Crippen molar-refractivity contribution in [3.05, 3.63) is 35.4 Å². The number of hydrogen-bond acceptors (Lipinski definition) is 2. The fraction of sp³-hybridized carbons (Fsp3) is 0.385. The van der Waals surface area contributed by atoms with Crippen LogP contribution in [0, 0.1) is 0 Å². The van der Waals surface area contributed by atoms with Gasteiger partial charge in [-0.05, 0) is 25.5 Å². The van der Waals surface area contributed by atoms with Crippen LogP contribution in [0.1, 0.15) is 35.8 Å². The van der Waals surface area contributed by atoms with Gasteiger partial charge in [-0.1, -0.05) is 18.2 Å². The third-order valence-electron chi connectivity index (χ3n) is 3.78. The minimum Gasteiger partial charge on any atom is -0.349 e. The third kappa shape index (κ3) is 1.24. The Morgan fingerprint density at radius 3 is 2.65 bits per heavy atom. The number of benzene rings is 1. The number of carbonyl (C=O) groups excluding carboxylic acids is 2. The SMILES string of the molecule is CC1NC(=O)C2c3ccccc3C(=O)N2C1C. The highest BCUT2D eigenvalue weighted by Gasteiger charge is 2.47. The first-order chi connectivity index (χ1) is 8.11. The number of carbonyl (C=O) groups is 2. The molecule has 1 N–H and O–H groups in total. The topological polar surface area (TPSA) is 49.4 Å². The molecule has 3 rings (SSSR count). The summed E-state index contributed by atoms with van der Waals surface area (Å²) in [7, 11) is 0. The zero-order valence-corrected chi connectivity index (χ0v) is 9.81. The summed E-state index contributed by atoms with van der Waals surface area (Å²) in [5.74, 6) is -0.103. The van der Waals surface area contributed by atoms with Gasteiger partial charge in [0.25, 0.3) is 5.91 Å². The van der Waals surface area contributed by atoms with E-state index in [2.05, 4.69) is 5.32 Å². The normalized spacial score (nSPS) is 30.9. The molecule has 2 aliphatic rings. The van der Waals surface area contributed by atoms with E-state index in [0.717, 1.165) is 5.56 Å². The van der Waals surface area contributed by atoms with Crippen molar-refractivity contribution >= 4 is 11.8 Å². The van der Waals surface area contributed by atoms with E-state index >= 15 is 0 Å². The largest absolute Gasteiger partial charge is 0.349 e. The number of nitrogens with one attached hydrogen (secondary N) is 1. The summed E-state index contributed by atoms with van der Waals surface area (Å²) < 4.78 is 0. The summed E-state index contributed by atoms with van der Waals surface area (Å²) in [6.07, 6.45) is 0. The van der Waals surface area contributed by atoms with Crippen LogP contribution in [0.4, 0.5) is 0 Å². The lowest BCUT2D eigenvalue weighted by molar-refractivity contribution is -0.130. The van der Waals surface area contributed by atoms with E-state index in [0.29, 0.717) is 5.56 Å². The van der Waals surface area contributed by atoms with Gasteiger partial charge >= 0.3 is 0 Å². The van der Waals surface area contributed by atoms with Crippen LogP contribution in [-0.2, 0) is 4.79 Å². The molecule has 1 aromatic rings. The Balaban J connectivity index is 2.15. The van der Waals surface area contributed by atoms with Gasteiger partial charge in [-0.2, -0.15) is 0 Å². The number of fused-ring (bicyclic) bond motifs is 3. The van der Waals surface area contributed by atoms with Crippen LogP contribution < -0.4 is 5.32 Å². The van der Waals surface area contributed by atoms with E-state index in [9.17, 15) is 9.59 Å². The molecule has 1 saturated heterocycles. The van der Waals surface area contributed by atoms with Crippen molar-refractivity contribution in [2.45, 2.75) is 32.0 Å². The Hall–Kier alpha value is -1.84. The lowest BCUT2D eigenvalue weighted by Crippen LogP contribution is -2.58. The van der Waals surface area contributed by atoms with Gasteiger partial charge in [-0.15, -0.1) is 0 Å². The molecule has 0 aliphatic carbocycles. The highest BCUT2D eigenvalue weighted by Crippen LogP contribution is 2.37. The van der Waals surface area contributed by atoms with Gasteiger partial charge < -0.3 is 10.2 Å². The second-order valence-electron chi connectivity index (χ2n) is 4.74. The van der Waals surface area contributed by atoms with Crippen molar-refractivity contribution in [2.75, 3.05) is 0 Å².